The van der Waals surface area contributed by atoms with Gasteiger partial charge in [-0.1, -0.05) is 23.8 Å². The fourth-order valence-corrected chi connectivity index (χ4v) is 2.29. The highest BCUT2D eigenvalue weighted by Crippen LogP contribution is 2.37. The van der Waals surface area contributed by atoms with Crippen molar-refractivity contribution in [3.05, 3.63) is 53.6 Å². The minimum Gasteiger partial charge on any atom is -0.426 e. The Morgan fingerprint density at radius 1 is 1.33 bits per heavy atom. The molecule has 0 heterocycles. The molecule has 4 nitrogen and oxygen atoms in total. The Kier molecular flexibility index (Phi) is 4.25. The zero-order valence-electron chi connectivity index (χ0n) is 12.3. The van der Waals surface area contributed by atoms with E-state index in [2.05, 4.69) is 0 Å². The predicted molar refractivity (Wildman–Crippen MR) is 78.6 cm³/mol. The number of carbonyl (C=O) groups is 1. The number of esters is 1. The number of hydrogen-bond acceptors (Lipinski definition) is 4. The molecule has 0 N–H and O–H groups in total. The van der Waals surface area contributed by atoms with Gasteiger partial charge in [-0.2, -0.15) is 5.26 Å². The minimum atomic E-state index is -0.864. The molecule has 0 aromatic heterocycles. The zero-order valence-corrected chi connectivity index (χ0v) is 12.3. The third-order valence-corrected chi connectivity index (χ3v) is 3.89. The van der Waals surface area contributed by atoms with Gasteiger partial charge in [0.05, 0.1) is 17.7 Å². The lowest BCUT2D eigenvalue weighted by Crippen LogP contribution is -2.44. The summed E-state index contributed by atoms with van der Waals surface area (Å²) in [5.41, 5.74) is 0.542. The van der Waals surface area contributed by atoms with Crippen LogP contribution in [-0.2, 0) is 9.53 Å². The normalized spacial score (nSPS) is 24.1. The van der Waals surface area contributed by atoms with Crippen LogP contribution in [0.3, 0.4) is 0 Å². The molecule has 0 bridgehead atoms. The molecule has 0 fully saturated rings. The molecule has 4 heteroatoms. The van der Waals surface area contributed by atoms with Crippen molar-refractivity contribution in [2.75, 3.05) is 7.11 Å². The Bertz CT molecular complexity index is 637. The van der Waals surface area contributed by atoms with Gasteiger partial charge in [-0.25, -0.2) is 0 Å². The van der Waals surface area contributed by atoms with Crippen molar-refractivity contribution in [2.24, 2.45) is 5.41 Å². The maximum atomic E-state index is 12.6. The number of allylic oxidation sites excluding steroid dienone is 2. The molecule has 21 heavy (non-hydrogen) atoms. The molecule has 1 aromatic carbocycles. The fraction of sp³-hybridized carbons (Fsp3) is 0.294. The topological polar surface area (TPSA) is 59.3 Å². The lowest BCUT2D eigenvalue weighted by molar-refractivity contribution is -0.148. The van der Waals surface area contributed by atoms with Gasteiger partial charge >= 0.3 is 5.97 Å². The number of nitriles is 1. The van der Waals surface area contributed by atoms with Crippen molar-refractivity contribution in [2.45, 2.75) is 20.0 Å². The molecule has 1 aliphatic rings. The number of nitrogens with zero attached hydrogens (tertiary/aromatic N) is 1. The quantitative estimate of drug-likeness (QED) is 0.632. The van der Waals surface area contributed by atoms with E-state index >= 15 is 0 Å². The molecule has 108 valence electrons. The average Bonchev–Trinajstić information content (AvgIpc) is 2.50. The van der Waals surface area contributed by atoms with Crippen LogP contribution >= 0.6 is 0 Å². The number of methoxy groups -OCH3 is 1. The lowest BCUT2D eigenvalue weighted by Gasteiger charge is -2.35. The molecule has 1 aliphatic carbocycles. The fourth-order valence-electron chi connectivity index (χ4n) is 2.29. The second-order valence-electron chi connectivity index (χ2n) is 5.12. The van der Waals surface area contributed by atoms with Crippen molar-refractivity contribution in [3.63, 3.8) is 0 Å². The van der Waals surface area contributed by atoms with E-state index in [1.54, 1.807) is 31.4 Å². The monoisotopic (exact) mass is 283 g/mol. The SMILES string of the molecule is COC1C=CC=C(C)C1(C)C(=O)Oc1ccc(C#N)cc1. The first-order valence-corrected chi connectivity index (χ1v) is 6.63. The highest BCUT2D eigenvalue weighted by Gasteiger charge is 2.45. The third-order valence-electron chi connectivity index (χ3n) is 3.89. The van der Waals surface area contributed by atoms with Crippen LogP contribution < -0.4 is 4.74 Å². The molecular formula is C17H17NO3. The van der Waals surface area contributed by atoms with E-state index in [-0.39, 0.29) is 12.1 Å². The summed E-state index contributed by atoms with van der Waals surface area (Å²) in [6.07, 6.45) is 5.23. The molecule has 0 spiro atoms. The van der Waals surface area contributed by atoms with Gasteiger partial charge in [0, 0.05) is 7.11 Å². The van der Waals surface area contributed by atoms with E-state index < -0.39 is 5.41 Å². The van der Waals surface area contributed by atoms with Gasteiger partial charge < -0.3 is 9.47 Å². The van der Waals surface area contributed by atoms with E-state index in [0.29, 0.717) is 11.3 Å². The maximum Gasteiger partial charge on any atom is 0.324 e. The summed E-state index contributed by atoms with van der Waals surface area (Å²) in [5.74, 6) is 0.0367. The Labute approximate surface area is 124 Å². The lowest BCUT2D eigenvalue weighted by atomic mass is 9.75. The number of carbonyl (C=O) groups excluding carboxylic acids is 1. The van der Waals surface area contributed by atoms with Crippen LogP contribution in [0.1, 0.15) is 19.4 Å². The molecule has 2 unspecified atom stereocenters. The molecule has 0 amide bonds. The first-order chi connectivity index (χ1) is 10.0. The second-order valence-corrected chi connectivity index (χ2v) is 5.12. The van der Waals surface area contributed by atoms with Crippen LogP contribution in [0.4, 0.5) is 0 Å². The van der Waals surface area contributed by atoms with Crippen LogP contribution in [0.2, 0.25) is 0 Å². The summed E-state index contributed by atoms with van der Waals surface area (Å²) < 4.78 is 10.9. The molecule has 0 saturated heterocycles. The van der Waals surface area contributed by atoms with Crippen LogP contribution in [0.25, 0.3) is 0 Å². The number of benzene rings is 1. The summed E-state index contributed by atoms with van der Waals surface area (Å²) in [6, 6.07) is 8.47. The molecule has 2 rings (SSSR count). The number of ether oxygens (including phenoxy) is 2. The van der Waals surface area contributed by atoms with Gasteiger partial charge in [0.25, 0.3) is 0 Å². The van der Waals surface area contributed by atoms with Gasteiger partial charge in [0.15, 0.2) is 0 Å². The summed E-state index contributed by atoms with van der Waals surface area (Å²) in [5, 5.41) is 8.77. The van der Waals surface area contributed by atoms with Crippen molar-refractivity contribution >= 4 is 5.97 Å². The van der Waals surface area contributed by atoms with Gasteiger partial charge in [-0.05, 0) is 38.1 Å². The van der Waals surface area contributed by atoms with E-state index in [9.17, 15) is 4.79 Å². The third kappa shape index (κ3) is 2.74. The van der Waals surface area contributed by atoms with Crippen molar-refractivity contribution in [1.29, 1.82) is 5.26 Å². The summed E-state index contributed by atoms with van der Waals surface area (Å²) in [6.45, 7) is 3.69. The molecule has 0 aliphatic heterocycles. The summed E-state index contributed by atoms with van der Waals surface area (Å²) >= 11 is 0. The highest BCUT2D eigenvalue weighted by molar-refractivity contribution is 5.84. The molecule has 1 aromatic rings. The van der Waals surface area contributed by atoms with Crippen molar-refractivity contribution < 1.29 is 14.3 Å². The van der Waals surface area contributed by atoms with Crippen LogP contribution in [0.5, 0.6) is 5.75 Å². The van der Waals surface area contributed by atoms with Crippen LogP contribution in [0, 0.1) is 16.7 Å². The molecular weight excluding hydrogens is 266 g/mol. The average molecular weight is 283 g/mol. The second kappa shape index (κ2) is 5.94. The zero-order chi connectivity index (χ0) is 15.5. The Morgan fingerprint density at radius 2 is 2.00 bits per heavy atom. The Hall–Kier alpha value is -2.38. The first-order valence-electron chi connectivity index (χ1n) is 6.63. The van der Waals surface area contributed by atoms with Gasteiger partial charge in [0.2, 0.25) is 0 Å². The summed E-state index contributed by atoms with van der Waals surface area (Å²) in [4.78, 5) is 12.6. The number of rotatable bonds is 3. The van der Waals surface area contributed by atoms with Gasteiger partial charge in [-0.15, -0.1) is 0 Å². The Balaban J connectivity index is 2.23. The van der Waals surface area contributed by atoms with Crippen molar-refractivity contribution in [1.82, 2.24) is 0 Å². The van der Waals surface area contributed by atoms with E-state index in [4.69, 9.17) is 14.7 Å². The molecule has 0 saturated carbocycles. The minimum absolute atomic E-state index is 0.367. The Morgan fingerprint density at radius 3 is 2.57 bits per heavy atom. The largest absolute Gasteiger partial charge is 0.426 e. The van der Waals surface area contributed by atoms with Crippen molar-refractivity contribution in [3.8, 4) is 11.8 Å². The molecule has 2 atom stereocenters. The standard InChI is InChI=1S/C17H17NO3/c1-12-5-4-6-15(20-3)17(12,2)16(19)21-14-9-7-13(11-18)8-10-14/h4-10,15H,1-3H3. The van der Waals surface area contributed by atoms with Crippen LogP contribution in [0.15, 0.2) is 48.1 Å². The highest BCUT2D eigenvalue weighted by atomic mass is 16.5. The van der Waals surface area contributed by atoms with E-state index in [1.165, 1.54) is 0 Å². The maximum absolute atomic E-state index is 12.6. The van der Waals surface area contributed by atoms with Gasteiger partial charge in [-0.3, -0.25) is 4.79 Å². The smallest absolute Gasteiger partial charge is 0.324 e. The molecule has 0 radical (unpaired) electrons. The first kappa shape index (κ1) is 15.0. The van der Waals surface area contributed by atoms with E-state index in [1.807, 2.05) is 38.1 Å². The summed E-state index contributed by atoms with van der Waals surface area (Å²) in [7, 11) is 1.57. The van der Waals surface area contributed by atoms with Gasteiger partial charge in [0.1, 0.15) is 11.2 Å². The van der Waals surface area contributed by atoms with Crippen LogP contribution in [-0.4, -0.2) is 19.2 Å². The van der Waals surface area contributed by atoms with E-state index in [0.717, 1.165) is 5.57 Å². The number of hydrogen-bond donors (Lipinski definition) is 0. The predicted octanol–water partition coefficient (Wildman–Crippen LogP) is 3.00.